The van der Waals surface area contributed by atoms with Crippen molar-refractivity contribution in [1.82, 2.24) is 20.2 Å². The van der Waals surface area contributed by atoms with Crippen LogP contribution in [0.3, 0.4) is 0 Å². The second-order valence-corrected chi connectivity index (χ2v) is 7.21. The average molecular weight is 422 g/mol. The number of benzene rings is 2. The molecule has 31 heavy (non-hydrogen) atoms. The number of hydrogen-bond acceptors (Lipinski definition) is 6. The summed E-state index contributed by atoms with van der Waals surface area (Å²) in [6.07, 6.45) is 1.77. The summed E-state index contributed by atoms with van der Waals surface area (Å²) in [6, 6.07) is 15.4. The highest BCUT2D eigenvalue weighted by Crippen LogP contribution is 2.19. The van der Waals surface area contributed by atoms with Crippen LogP contribution in [0, 0.1) is 0 Å². The van der Waals surface area contributed by atoms with Crippen molar-refractivity contribution in [2.45, 2.75) is 13.0 Å². The first kappa shape index (κ1) is 22.3. The van der Waals surface area contributed by atoms with Gasteiger partial charge in [0.15, 0.2) is 0 Å². The third-order valence-corrected chi connectivity index (χ3v) is 4.90. The van der Waals surface area contributed by atoms with Gasteiger partial charge >= 0.3 is 0 Å². The van der Waals surface area contributed by atoms with Crippen molar-refractivity contribution in [3.8, 4) is 11.3 Å². The summed E-state index contributed by atoms with van der Waals surface area (Å²) in [4.78, 5) is 32.3. The number of hydrogen-bond donors (Lipinski definition) is 2. The van der Waals surface area contributed by atoms with Gasteiger partial charge in [-0.1, -0.05) is 24.3 Å². The van der Waals surface area contributed by atoms with Gasteiger partial charge < -0.3 is 15.2 Å². The first-order chi connectivity index (χ1) is 15.1. The molecule has 2 aromatic carbocycles. The van der Waals surface area contributed by atoms with E-state index in [2.05, 4.69) is 20.2 Å². The molecule has 162 valence electrons. The molecular formula is C23H26N4O4. The molecule has 1 aliphatic heterocycles. The number of amides is 1. The van der Waals surface area contributed by atoms with E-state index in [9.17, 15) is 4.79 Å². The molecule has 3 aromatic rings. The van der Waals surface area contributed by atoms with Crippen molar-refractivity contribution in [3.05, 3.63) is 60.3 Å². The molecule has 1 aliphatic rings. The number of carboxylic acid groups (broad SMARTS) is 1. The Morgan fingerprint density at radius 2 is 1.81 bits per heavy atom. The second kappa shape index (κ2) is 11.1. The standard InChI is InChI=1S/C22H24N4O2.CH2O2/c1-16(15-26-10-12-28-13-11-26)24-22(27)18-8-6-17(7-9-18)21-14-23-19-4-2-3-5-20(19)25-21;2-1-3/h2-9,14,16H,10-13,15H2,1H3,(H,24,27);1H,(H,2,3). The van der Waals surface area contributed by atoms with Crippen LogP contribution in [-0.4, -0.2) is 71.2 Å². The monoisotopic (exact) mass is 422 g/mol. The van der Waals surface area contributed by atoms with Gasteiger partial charge in [-0.25, -0.2) is 4.98 Å². The molecule has 0 saturated carbocycles. The van der Waals surface area contributed by atoms with E-state index >= 15 is 0 Å². The van der Waals surface area contributed by atoms with Crippen molar-refractivity contribution < 1.29 is 19.4 Å². The number of carbonyl (C=O) groups excluding carboxylic acids is 1. The maximum atomic E-state index is 12.5. The summed E-state index contributed by atoms with van der Waals surface area (Å²) in [5, 5.41) is 9.97. The number of nitrogens with zero attached hydrogens (tertiary/aromatic N) is 3. The molecule has 8 nitrogen and oxygen atoms in total. The van der Waals surface area contributed by atoms with Crippen molar-refractivity contribution in [2.24, 2.45) is 0 Å². The van der Waals surface area contributed by atoms with Gasteiger partial charge in [0, 0.05) is 36.8 Å². The highest BCUT2D eigenvalue weighted by molar-refractivity contribution is 5.94. The summed E-state index contributed by atoms with van der Waals surface area (Å²) in [5.74, 6) is -0.0584. The number of rotatable bonds is 5. The average Bonchev–Trinajstić information content (AvgIpc) is 2.80. The van der Waals surface area contributed by atoms with Gasteiger partial charge in [0.25, 0.3) is 12.4 Å². The molecule has 1 atom stereocenters. The summed E-state index contributed by atoms with van der Waals surface area (Å²) >= 11 is 0. The molecule has 0 radical (unpaired) electrons. The highest BCUT2D eigenvalue weighted by Gasteiger charge is 2.16. The third-order valence-electron chi connectivity index (χ3n) is 4.90. The minimum atomic E-state index is -0.250. The molecule has 0 bridgehead atoms. The lowest BCUT2D eigenvalue weighted by Gasteiger charge is -2.29. The fourth-order valence-electron chi connectivity index (χ4n) is 3.41. The zero-order valence-electron chi connectivity index (χ0n) is 17.4. The van der Waals surface area contributed by atoms with Crippen molar-refractivity contribution in [3.63, 3.8) is 0 Å². The Morgan fingerprint density at radius 1 is 1.16 bits per heavy atom. The number of carbonyl (C=O) groups is 2. The molecule has 1 fully saturated rings. The zero-order valence-corrected chi connectivity index (χ0v) is 17.4. The van der Waals surface area contributed by atoms with Gasteiger partial charge in [0.05, 0.1) is 36.1 Å². The number of aromatic nitrogens is 2. The molecule has 8 heteroatoms. The molecule has 2 heterocycles. The van der Waals surface area contributed by atoms with Crippen LogP contribution in [0.25, 0.3) is 22.3 Å². The topological polar surface area (TPSA) is 105 Å². The fourth-order valence-corrected chi connectivity index (χ4v) is 3.41. The maximum Gasteiger partial charge on any atom is 0.290 e. The van der Waals surface area contributed by atoms with Gasteiger partial charge in [-0.2, -0.15) is 0 Å². The minimum Gasteiger partial charge on any atom is -0.483 e. The summed E-state index contributed by atoms with van der Waals surface area (Å²) in [6.45, 7) is 5.98. The SMILES string of the molecule is CC(CN1CCOCC1)NC(=O)c1ccc(-c2cnc3ccccc3n2)cc1.O=CO. The maximum absolute atomic E-state index is 12.5. The molecule has 0 aliphatic carbocycles. The molecule has 1 unspecified atom stereocenters. The lowest BCUT2D eigenvalue weighted by Crippen LogP contribution is -2.46. The number of ether oxygens (including phenoxy) is 1. The van der Waals surface area contributed by atoms with E-state index in [1.165, 1.54) is 0 Å². The fraction of sp³-hybridized carbons (Fsp3) is 0.304. The van der Waals surface area contributed by atoms with Crippen LogP contribution >= 0.6 is 0 Å². The van der Waals surface area contributed by atoms with Gasteiger partial charge in [-0.15, -0.1) is 0 Å². The van der Waals surface area contributed by atoms with Crippen molar-refractivity contribution in [1.29, 1.82) is 0 Å². The van der Waals surface area contributed by atoms with Crippen LogP contribution in [0.4, 0.5) is 0 Å². The van der Waals surface area contributed by atoms with E-state index in [1.807, 2.05) is 55.5 Å². The van der Waals surface area contributed by atoms with E-state index < -0.39 is 0 Å². The van der Waals surface area contributed by atoms with Crippen LogP contribution in [0.1, 0.15) is 17.3 Å². The van der Waals surface area contributed by atoms with E-state index in [4.69, 9.17) is 14.6 Å². The van der Waals surface area contributed by atoms with Crippen LogP contribution in [0.5, 0.6) is 0 Å². The van der Waals surface area contributed by atoms with Gasteiger partial charge in [-0.3, -0.25) is 19.5 Å². The number of morpholine rings is 1. The molecule has 1 amide bonds. The van der Waals surface area contributed by atoms with Crippen molar-refractivity contribution in [2.75, 3.05) is 32.8 Å². The van der Waals surface area contributed by atoms with E-state index in [0.29, 0.717) is 5.56 Å². The van der Waals surface area contributed by atoms with Crippen molar-refractivity contribution >= 4 is 23.4 Å². The first-order valence-corrected chi connectivity index (χ1v) is 10.1. The molecule has 1 saturated heterocycles. The molecule has 1 aromatic heterocycles. The van der Waals surface area contributed by atoms with Gasteiger partial charge in [-0.05, 0) is 31.2 Å². The summed E-state index contributed by atoms with van der Waals surface area (Å²) in [5.41, 5.74) is 4.11. The van der Waals surface area contributed by atoms with E-state index in [1.54, 1.807) is 6.20 Å². The number of para-hydroxylation sites is 2. The van der Waals surface area contributed by atoms with Crippen LogP contribution < -0.4 is 5.32 Å². The Labute approximate surface area is 180 Å². The van der Waals surface area contributed by atoms with E-state index in [-0.39, 0.29) is 18.4 Å². The smallest absolute Gasteiger partial charge is 0.290 e. The Bertz CT molecular complexity index is 1000. The summed E-state index contributed by atoms with van der Waals surface area (Å²) < 4.78 is 5.36. The largest absolute Gasteiger partial charge is 0.483 e. The van der Waals surface area contributed by atoms with Gasteiger partial charge in [0.2, 0.25) is 0 Å². The Balaban J connectivity index is 0.000000858. The molecular weight excluding hydrogens is 396 g/mol. The predicted octanol–water partition coefficient (Wildman–Crippen LogP) is 2.45. The first-order valence-electron chi connectivity index (χ1n) is 10.1. The summed E-state index contributed by atoms with van der Waals surface area (Å²) in [7, 11) is 0. The second-order valence-electron chi connectivity index (χ2n) is 7.21. The van der Waals surface area contributed by atoms with Crippen LogP contribution in [0.15, 0.2) is 54.7 Å². The lowest BCUT2D eigenvalue weighted by molar-refractivity contribution is -0.122. The zero-order chi connectivity index (χ0) is 22.1. The Morgan fingerprint density at radius 3 is 2.48 bits per heavy atom. The number of nitrogens with one attached hydrogen (secondary N) is 1. The normalized spacial score (nSPS) is 14.9. The molecule has 4 rings (SSSR count). The Hall–Kier alpha value is -3.36. The minimum absolute atomic E-state index is 0.0584. The lowest BCUT2D eigenvalue weighted by atomic mass is 10.1. The quantitative estimate of drug-likeness (QED) is 0.609. The Kier molecular flexibility index (Phi) is 8.03. The predicted molar refractivity (Wildman–Crippen MR) is 118 cm³/mol. The van der Waals surface area contributed by atoms with Gasteiger partial charge in [0.1, 0.15) is 0 Å². The van der Waals surface area contributed by atoms with E-state index in [0.717, 1.165) is 55.1 Å². The van der Waals surface area contributed by atoms with Crippen LogP contribution in [0.2, 0.25) is 0 Å². The molecule has 2 N–H and O–H groups in total. The van der Waals surface area contributed by atoms with Crippen LogP contribution in [-0.2, 0) is 9.53 Å². The number of fused-ring (bicyclic) bond motifs is 1. The highest BCUT2D eigenvalue weighted by atomic mass is 16.5. The third kappa shape index (κ3) is 6.31. The molecule has 0 spiro atoms.